The van der Waals surface area contributed by atoms with Crippen LogP contribution in [-0.2, 0) is 0 Å². The van der Waals surface area contributed by atoms with Crippen molar-refractivity contribution >= 4 is 71.2 Å². The number of para-hydroxylation sites is 2. The van der Waals surface area contributed by atoms with Crippen molar-refractivity contribution in [3.05, 3.63) is 206 Å². The minimum atomic E-state index is 1.11. The van der Waals surface area contributed by atoms with Crippen molar-refractivity contribution in [1.82, 2.24) is 4.57 Å². The lowest BCUT2D eigenvalue weighted by Gasteiger charge is -2.27. The van der Waals surface area contributed by atoms with Gasteiger partial charge in [0.25, 0.3) is 0 Å². The zero-order valence-electron chi connectivity index (χ0n) is 30.5. The van der Waals surface area contributed by atoms with Crippen LogP contribution in [0.3, 0.4) is 0 Å². The lowest BCUT2D eigenvalue weighted by atomic mass is 9.97. The third kappa shape index (κ3) is 4.63. The van der Waals surface area contributed by atoms with Crippen molar-refractivity contribution in [3.63, 3.8) is 0 Å². The molecule has 2 heteroatoms. The van der Waals surface area contributed by atoms with Gasteiger partial charge in [-0.25, -0.2) is 0 Å². The van der Waals surface area contributed by atoms with Crippen molar-refractivity contribution in [2.24, 2.45) is 0 Å². The van der Waals surface area contributed by atoms with Gasteiger partial charge in [0.15, 0.2) is 0 Å². The zero-order chi connectivity index (χ0) is 36.7. The minimum absolute atomic E-state index is 1.11. The minimum Gasteiger partial charge on any atom is -0.310 e. The molecule has 12 rings (SSSR count). The summed E-state index contributed by atoms with van der Waals surface area (Å²) >= 11 is 0. The van der Waals surface area contributed by atoms with Crippen molar-refractivity contribution in [1.29, 1.82) is 0 Å². The molecule has 1 heterocycles. The van der Waals surface area contributed by atoms with E-state index in [1.165, 1.54) is 87.5 Å². The van der Waals surface area contributed by atoms with Gasteiger partial charge in [0.05, 0.1) is 11.0 Å². The van der Waals surface area contributed by atoms with Crippen molar-refractivity contribution < 1.29 is 0 Å². The summed E-state index contributed by atoms with van der Waals surface area (Å²) in [5, 5.41) is 10.1. The Bertz CT molecular complexity index is 3350. The number of rotatable bonds is 5. The zero-order valence-corrected chi connectivity index (χ0v) is 30.5. The van der Waals surface area contributed by atoms with Crippen LogP contribution in [0.25, 0.3) is 93.2 Å². The fourth-order valence-electron chi connectivity index (χ4n) is 9.32. The molecule has 0 spiro atoms. The van der Waals surface area contributed by atoms with E-state index in [-0.39, 0.29) is 0 Å². The molecule has 1 aliphatic rings. The number of hydrogen-bond acceptors (Lipinski definition) is 1. The van der Waals surface area contributed by atoms with Crippen LogP contribution in [0.4, 0.5) is 17.1 Å². The maximum Gasteiger partial charge on any atom is 0.0561 e. The molecule has 0 amide bonds. The molecule has 0 saturated carbocycles. The van der Waals surface area contributed by atoms with Crippen LogP contribution in [0.1, 0.15) is 0 Å². The van der Waals surface area contributed by atoms with Gasteiger partial charge < -0.3 is 9.47 Å². The van der Waals surface area contributed by atoms with E-state index in [1.807, 2.05) is 0 Å². The summed E-state index contributed by atoms with van der Waals surface area (Å²) in [5.74, 6) is 0. The normalized spacial score (nSPS) is 11.9. The lowest BCUT2D eigenvalue weighted by molar-refractivity contribution is 1.18. The molecule has 1 aromatic heterocycles. The standard InChI is InChI=1S/C54H34N2/c1-2-13-40(14-3-1)56-52-20-9-8-18-47(52)48-30-29-42(34-53(48)56)55(43-31-39-12-10-19-49-45-16-6-7-17-46(45)51(33-43)54(39)49)41-27-25-35(26-28-41)38-24-23-37-22-21-36-11-4-5-15-44(36)50(37)32-38/h1-34H. The Morgan fingerprint density at radius 1 is 0.304 bits per heavy atom. The Morgan fingerprint density at radius 2 is 0.929 bits per heavy atom. The smallest absolute Gasteiger partial charge is 0.0561 e. The third-order valence-corrected chi connectivity index (χ3v) is 11.9. The number of fused-ring (bicyclic) bond motifs is 9. The van der Waals surface area contributed by atoms with E-state index in [0.29, 0.717) is 0 Å². The summed E-state index contributed by atoms with van der Waals surface area (Å²) in [6.07, 6.45) is 0. The largest absolute Gasteiger partial charge is 0.310 e. The highest BCUT2D eigenvalue weighted by Gasteiger charge is 2.24. The second-order valence-corrected chi connectivity index (χ2v) is 14.9. The molecule has 0 atom stereocenters. The molecule has 10 aromatic carbocycles. The van der Waals surface area contributed by atoms with E-state index in [0.717, 1.165) is 22.7 Å². The van der Waals surface area contributed by atoms with E-state index in [2.05, 4.69) is 216 Å². The topological polar surface area (TPSA) is 8.17 Å². The van der Waals surface area contributed by atoms with Crippen LogP contribution in [-0.4, -0.2) is 4.57 Å². The molecule has 0 N–H and O–H groups in total. The highest BCUT2D eigenvalue weighted by molar-refractivity contribution is 6.17. The summed E-state index contributed by atoms with van der Waals surface area (Å²) in [5.41, 5.74) is 14.5. The summed E-state index contributed by atoms with van der Waals surface area (Å²) in [4.78, 5) is 2.44. The maximum atomic E-state index is 2.44. The van der Waals surface area contributed by atoms with Gasteiger partial charge in [0.1, 0.15) is 0 Å². The fourth-order valence-corrected chi connectivity index (χ4v) is 9.32. The molecule has 0 saturated heterocycles. The predicted octanol–water partition coefficient (Wildman–Crippen LogP) is 15.0. The summed E-state index contributed by atoms with van der Waals surface area (Å²) in [6.45, 7) is 0. The van der Waals surface area contributed by atoms with E-state index in [9.17, 15) is 0 Å². The van der Waals surface area contributed by atoms with Crippen LogP contribution in [0.15, 0.2) is 206 Å². The molecule has 11 aromatic rings. The first kappa shape index (κ1) is 31.0. The molecule has 1 aliphatic carbocycles. The third-order valence-electron chi connectivity index (χ3n) is 11.9. The van der Waals surface area contributed by atoms with Gasteiger partial charge in [0, 0.05) is 33.5 Å². The van der Waals surface area contributed by atoms with Crippen LogP contribution in [0.5, 0.6) is 0 Å². The first-order chi connectivity index (χ1) is 27.8. The van der Waals surface area contributed by atoms with Crippen LogP contribution >= 0.6 is 0 Å². The Labute approximate surface area is 324 Å². The molecule has 2 nitrogen and oxygen atoms in total. The summed E-state index contributed by atoms with van der Waals surface area (Å²) in [6, 6.07) is 75.9. The van der Waals surface area contributed by atoms with E-state index >= 15 is 0 Å². The van der Waals surface area contributed by atoms with Crippen LogP contribution in [0, 0.1) is 0 Å². The number of benzene rings is 10. The molecular weight excluding hydrogens is 677 g/mol. The first-order valence-corrected chi connectivity index (χ1v) is 19.3. The fraction of sp³-hybridized carbons (Fsp3) is 0. The van der Waals surface area contributed by atoms with Crippen LogP contribution in [0.2, 0.25) is 0 Å². The maximum absolute atomic E-state index is 2.44. The molecule has 260 valence electrons. The number of nitrogens with zero attached hydrogens (tertiary/aromatic N) is 2. The SMILES string of the molecule is c1ccc(-n2c3ccccc3c3ccc(N(c4ccc(-c5ccc6ccc7ccccc7c6c5)cc4)c4cc5c6c(cccc6c4)-c4ccccc4-5)cc32)cc1. The average Bonchev–Trinajstić information content (AvgIpc) is 3.77. The number of anilines is 3. The van der Waals surface area contributed by atoms with E-state index < -0.39 is 0 Å². The number of aromatic nitrogens is 1. The van der Waals surface area contributed by atoms with Gasteiger partial charge in [-0.3, -0.25) is 0 Å². The van der Waals surface area contributed by atoms with Gasteiger partial charge in [0.2, 0.25) is 0 Å². The Morgan fingerprint density at radius 3 is 1.79 bits per heavy atom. The summed E-state index contributed by atoms with van der Waals surface area (Å²) < 4.78 is 2.40. The number of hydrogen-bond donors (Lipinski definition) is 0. The molecule has 0 fully saturated rings. The monoisotopic (exact) mass is 710 g/mol. The molecule has 0 unspecified atom stereocenters. The molecule has 0 bridgehead atoms. The van der Waals surface area contributed by atoms with Gasteiger partial charge in [-0.2, -0.15) is 0 Å². The molecular formula is C54H34N2. The van der Waals surface area contributed by atoms with Crippen molar-refractivity contribution in [2.45, 2.75) is 0 Å². The quantitative estimate of drug-likeness (QED) is 0.161. The lowest BCUT2D eigenvalue weighted by Crippen LogP contribution is -2.10. The highest BCUT2D eigenvalue weighted by Crippen LogP contribution is 2.50. The van der Waals surface area contributed by atoms with Gasteiger partial charge in [-0.05, 0) is 126 Å². The van der Waals surface area contributed by atoms with E-state index in [1.54, 1.807) is 0 Å². The van der Waals surface area contributed by atoms with Gasteiger partial charge >= 0.3 is 0 Å². The predicted molar refractivity (Wildman–Crippen MR) is 238 cm³/mol. The molecule has 0 radical (unpaired) electrons. The van der Waals surface area contributed by atoms with Gasteiger partial charge in [-0.15, -0.1) is 0 Å². The second-order valence-electron chi connectivity index (χ2n) is 14.9. The summed E-state index contributed by atoms with van der Waals surface area (Å²) in [7, 11) is 0. The Balaban J connectivity index is 1.07. The first-order valence-electron chi connectivity index (χ1n) is 19.3. The van der Waals surface area contributed by atoms with Gasteiger partial charge in [-0.1, -0.05) is 146 Å². The molecule has 0 aliphatic heterocycles. The van der Waals surface area contributed by atoms with E-state index in [4.69, 9.17) is 0 Å². The Hall–Kier alpha value is -7.42. The second kappa shape index (κ2) is 12.0. The van der Waals surface area contributed by atoms with Crippen molar-refractivity contribution in [3.8, 4) is 39.1 Å². The van der Waals surface area contributed by atoms with Crippen LogP contribution < -0.4 is 4.90 Å². The average molecular weight is 711 g/mol. The van der Waals surface area contributed by atoms with Crippen molar-refractivity contribution in [2.75, 3.05) is 4.90 Å². The molecule has 56 heavy (non-hydrogen) atoms. The highest BCUT2D eigenvalue weighted by atomic mass is 15.1. The Kier molecular flexibility index (Phi) is 6.66.